The lowest BCUT2D eigenvalue weighted by atomic mass is 10.1. The summed E-state index contributed by atoms with van der Waals surface area (Å²) in [5, 5.41) is 17.1. The molecule has 0 heterocycles. The van der Waals surface area contributed by atoms with Crippen LogP contribution in [-0.2, 0) is 4.79 Å². The minimum absolute atomic E-state index is 0.296. The number of aliphatic hydroxyl groups excluding tert-OH is 1. The SMILES string of the molecule is O=C(O)C(O)c1c(F)cc(F)cc1F. The second kappa shape index (κ2) is 3.67. The molecule has 0 saturated carbocycles. The average molecular weight is 206 g/mol. The van der Waals surface area contributed by atoms with E-state index < -0.39 is 35.1 Å². The highest BCUT2D eigenvalue weighted by atomic mass is 19.1. The maximum absolute atomic E-state index is 12.8. The topological polar surface area (TPSA) is 57.5 Å². The van der Waals surface area contributed by atoms with E-state index in [2.05, 4.69) is 0 Å². The predicted octanol–water partition coefficient (Wildman–Crippen LogP) is 1.22. The number of hydrogen-bond donors (Lipinski definition) is 2. The Morgan fingerprint density at radius 1 is 1.21 bits per heavy atom. The van der Waals surface area contributed by atoms with Crippen LogP contribution in [0.4, 0.5) is 13.2 Å². The van der Waals surface area contributed by atoms with Crippen molar-refractivity contribution < 1.29 is 28.2 Å². The van der Waals surface area contributed by atoms with Gasteiger partial charge in [0.15, 0.2) is 6.10 Å². The lowest BCUT2D eigenvalue weighted by molar-refractivity contribution is -0.147. The molecule has 14 heavy (non-hydrogen) atoms. The molecular formula is C8H5F3O3. The maximum Gasteiger partial charge on any atom is 0.337 e. The average Bonchev–Trinajstić information content (AvgIpc) is 2.01. The molecule has 0 radical (unpaired) electrons. The lowest BCUT2D eigenvalue weighted by Gasteiger charge is -2.08. The number of carboxylic acids is 1. The van der Waals surface area contributed by atoms with Gasteiger partial charge in [-0.05, 0) is 0 Å². The van der Waals surface area contributed by atoms with E-state index in [0.717, 1.165) is 0 Å². The monoisotopic (exact) mass is 206 g/mol. The fourth-order valence-corrected chi connectivity index (χ4v) is 0.938. The molecule has 1 atom stereocenters. The van der Waals surface area contributed by atoms with Gasteiger partial charge in [0.05, 0.1) is 5.56 Å². The van der Waals surface area contributed by atoms with Crippen molar-refractivity contribution in [1.82, 2.24) is 0 Å². The number of halogens is 3. The van der Waals surface area contributed by atoms with Gasteiger partial charge >= 0.3 is 5.97 Å². The van der Waals surface area contributed by atoms with Crippen LogP contribution in [0.1, 0.15) is 11.7 Å². The van der Waals surface area contributed by atoms with Crippen LogP contribution >= 0.6 is 0 Å². The molecule has 1 rings (SSSR count). The number of carboxylic acid groups (broad SMARTS) is 1. The van der Waals surface area contributed by atoms with Gasteiger partial charge in [-0.3, -0.25) is 0 Å². The molecule has 0 amide bonds. The Labute approximate surface area is 76.4 Å². The molecule has 0 fully saturated rings. The largest absolute Gasteiger partial charge is 0.479 e. The van der Waals surface area contributed by atoms with Crippen molar-refractivity contribution in [3.05, 3.63) is 35.1 Å². The van der Waals surface area contributed by atoms with E-state index in [4.69, 9.17) is 10.2 Å². The minimum atomic E-state index is -2.34. The molecule has 0 spiro atoms. The smallest absolute Gasteiger partial charge is 0.337 e. The summed E-state index contributed by atoms with van der Waals surface area (Å²) < 4.78 is 38.0. The quantitative estimate of drug-likeness (QED) is 0.764. The van der Waals surface area contributed by atoms with Crippen molar-refractivity contribution >= 4 is 5.97 Å². The summed E-state index contributed by atoms with van der Waals surface area (Å²) in [5.41, 5.74) is -1.07. The summed E-state index contributed by atoms with van der Waals surface area (Å²) in [6.45, 7) is 0. The summed E-state index contributed by atoms with van der Waals surface area (Å²) in [7, 11) is 0. The molecule has 2 N–H and O–H groups in total. The lowest BCUT2D eigenvalue weighted by Crippen LogP contribution is -2.14. The summed E-state index contributed by atoms with van der Waals surface area (Å²) in [6.07, 6.45) is -2.34. The van der Waals surface area contributed by atoms with Gasteiger partial charge < -0.3 is 10.2 Å². The first-order valence-corrected chi connectivity index (χ1v) is 3.48. The van der Waals surface area contributed by atoms with E-state index in [1.807, 2.05) is 0 Å². The van der Waals surface area contributed by atoms with E-state index in [9.17, 15) is 18.0 Å². The molecule has 76 valence electrons. The highest BCUT2D eigenvalue weighted by molar-refractivity contribution is 5.74. The Morgan fingerprint density at radius 2 is 1.64 bits per heavy atom. The Hall–Kier alpha value is -1.56. The van der Waals surface area contributed by atoms with Crippen LogP contribution < -0.4 is 0 Å². The second-order valence-corrected chi connectivity index (χ2v) is 2.52. The van der Waals surface area contributed by atoms with Gasteiger partial charge in [0.25, 0.3) is 0 Å². The molecule has 0 aromatic heterocycles. The van der Waals surface area contributed by atoms with E-state index in [1.54, 1.807) is 0 Å². The Bertz CT molecular complexity index is 355. The zero-order valence-corrected chi connectivity index (χ0v) is 6.67. The molecule has 0 saturated heterocycles. The van der Waals surface area contributed by atoms with Crippen LogP contribution in [0.15, 0.2) is 12.1 Å². The first-order chi connectivity index (χ1) is 6.43. The van der Waals surface area contributed by atoms with Gasteiger partial charge in [0, 0.05) is 12.1 Å². The zero-order valence-electron chi connectivity index (χ0n) is 6.67. The van der Waals surface area contributed by atoms with E-state index >= 15 is 0 Å². The van der Waals surface area contributed by atoms with Crippen LogP contribution in [-0.4, -0.2) is 16.2 Å². The Kier molecular flexibility index (Phi) is 2.76. The maximum atomic E-state index is 12.8. The molecule has 3 nitrogen and oxygen atoms in total. The van der Waals surface area contributed by atoms with Crippen molar-refractivity contribution in [3.8, 4) is 0 Å². The van der Waals surface area contributed by atoms with Crippen LogP contribution in [0.3, 0.4) is 0 Å². The number of benzene rings is 1. The third-order valence-corrected chi connectivity index (χ3v) is 1.55. The standard InChI is InChI=1S/C8H5F3O3/c9-3-1-4(10)6(5(11)2-3)7(12)8(13)14/h1-2,7,12H,(H,13,14). The summed E-state index contributed by atoms with van der Waals surface area (Å²) in [6, 6.07) is 0.592. The number of aliphatic carboxylic acids is 1. The van der Waals surface area contributed by atoms with Gasteiger partial charge in [0.2, 0.25) is 0 Å². The van der Waals surface area contributed by atoms with Gasteiger partial charge in [0.1, 0.15) is 17.5 Å². The third kappa shape index (κ3) is 1.85. The van der Waals surface area contributed by atoms with E-state index in [-0.39, 0.29) is 0 Å². The summed E-state index contributed by atoms with van der Waals surface area (Å²) in [4.78, 5) is 10.2. The van der Waals surface area contributed by atoms with Gasteiger partial charge in [-0.15, -0.1) is 0 Å². The van der Waals surface area contributed by atoms with Crippen LogP contribution in [0, 0.1) is 17.5 Å². The normalized spacial score (nSPS) is 12.6. The Balaban J connectivity index is 3.27. The molecule has 0 aliphatic carbocycles. The van der Waals surface area contributed by atoms with Crippen molar-refractivity contribution in [2.45, 2.75) is 6.10 Å². The first-order valence-electron chi connectivity index (χ1n) is 3.48. The van der Waals surface area contributed by atoms with Crippen LogP contribution in [0.25, 0.3) is 0 Å². The van der Waals surface area contributed by atoms with Crippen molar-refractivity contribution in [2.24, 2.45) is 0 Å². The van der Waals surface area contributed by atoms with Crippen molar-refractivity contribution in [3.63, 3.8) is 0 Å². The highest BCUT2D eigenvalue weighted by Gasteiger charge is 2.24. The van der Waals surface area contributed by atoms with Crippen LogP contribution in [0.5, 0.6) is 0 Å². The molecule has 1 aromatic carbocycles. The molecular weight excluding hydrogens is 201 g/mol. The number of aliphatic hydroxyl groups is 1. The number of carbonyl (C=O) groups is 1. The van der Waals surface area contributed by atoms with Crippen molar-refractivity contribution in [1.29, 1.82) is 0 Å². The molecule has 6 heteroatoms. The van der Waals surface area contributed by atoms with E-state index in [1.165, 1.54) is 0 Å². The first kappa shape index (κ1) is 10.5. The third-order valence-electron chi connectivity index (χ3n) is 1.55. The highest BCUT2D eigenvalue weighted by Crippen LogP contribution is 2.21. The zero-order chi connectivity index (χ0) is 10.9. The predicted molar refractivity (Wildman–Crippen MR) is 38.9 cm³/mol. The number of rotatable bonds is 2. The molecule has 0 aliphatic rings. The second-order valence-electron chi connectivity index (χ2n) is 2.52. The van der Waals surface area contributed by atoms with E-state index in [0.29, 0.717) is 12.1 Å². The molecule has 1 aromatic rings. The fourth-order valence-electron chi connectivity index (χ4n) is 0.938. The molecule has 0 bridgehead atoms. The fraction of sp³-hybridized carbons (Fsp3) is 0.125. The number of hydrogen-bond acceptors (Lipinski definition) is 2. The van der Waals surface area contributed by atoms with Crippen LogP contribution in [0.2, 0.25) is 0 Å². The molecule has 0 aliphatic heterocycles. The van der Waals surface area contributed by atoms with Gasteiger partial charge in [-0.1, -0.05) is 0 Å². The Morgan fingerprint density at radius 3 is 2.00 bits per heavy atom. The molecule has 1 unspecified atom stereocenters. The van der Waals surface area contributed by atoms with Crippen molar-refractivity contribution in [2.75, 3.05) is 0 Å². The summed E-state index contributed by atoms with van der Waals surface area (Å²) in [5.74, 6) is -5.86. The van der Waals surface area contributed by atoms with Gasteiger partial charge in [-0.2, -0.15) is 0 Å². The minimum Gasteiger partial charge on any atom is -0.479 e. The summed E-state index contributed by atoms with van der Waals surface area (Å²) >= 11 is 0. The van der Waals surface area contributed by atoms with Gasteiger partial charge in [-0.25, -0.2) is 18.0 Å².